The van der Waals surface area contributed by atoms with Gasteiger partial charge in [-0.05, 0) is 45.1 Å². The number of sulfonamides is 1. The number of rotatable bonds is 5. The van der Waals surface area contributed by atoms with Crippen LogP contribution >= 0.6 is 50.2 Å². The summed E-state index contributed by atoms with van der Waals surface area (Å²) in [6, 6.07) is 5.28. The predicted octanol–water partition coefficient (Wildman–Crippen LogP) is 4.13. The molecule has 0 aromatic carbocycles. The zero-order valence-electron chi connectivity index (χ0n) is 9.97. The first-order valence-corrected chi connectivity index (χ1v) is 9.74. The molecule has 2 rings (SSSR count). The fourth-order valence-corrected chi connectivity index (χ4v) is 5.52. The SMILES string of the molecule is CN(Cc1csc(Br)c1)S(=O)(=O)c1ccc(CCl)s1. The van der Waals surface area contributed by atoms with Gasteiger partial charge in [0.15, 0.2) is 0 Å². The number of alkyl halides is 1. The maximum Gasteiger partial charge on any atom is 0.252 e. The molecule has 0 saturated carbocycles. The fourth-order valence-electron chi connectivity index (χ4n) is 1.49. The van der Waals surface area contributed by atoms with Gasteiger partial charge in [-0.1, -0.05) is 0 Å². The Bertz CT molecular complexity index is 665. The fraction of sp³-hybridized carbons (Fsp3) is 0.273. The number of halogens is 2. The molecule has 0 radical (unpaired) electrons. The third-order valence-electron chi connectivity index (χ3n) is 2.46. The lowest BCUT2D eigenvalue weighted by atomic mass is 10.3. The lowest BCUT2D eigenvalue weighted by molar-refractivity contribution is 0.469. The first kappa shape index (κ1) is 15.5. The molecule has 0 fully saturated rings. The van der Waals surface area contributed by atoms with E-state index in [2.05, 4.69) is 15.9 Å². The Kier molecular flexibility index (Phi) is 5.08. The van der Waals surface area contributed by atoms with Gasteiger partial charge in [0.25, 0.3) is 10.0 Å². The molecule has 0 unspecified atom stereocenters. The van der Waals surface area contributed by atoms with Crippen molar-refractivity contribution < 1.29 is 8.42 Å². The van der Waals surface area contributed by atoms with Crippen LogP contribution in [0, 0.1) is 0 Å². The van der Waals surface area contributed by atoms with Crippen molar-refractivity contribution in [1.29, 1.82) is 0 Å². The van der Waals surface area contributed by atoms with Crippen LogP contribution in [0.25, 0.3) is 0 Å². The summed E-state index contributed by atoms with van der Waals surface area (Å²) >= 11 is 11.8. The minimum atomic E-state index is -3.43. The summed E-state index contributed by atoms with van der Waals surface area (Å²) in [4.78, 5) is 0.854. The second kappa shape index (κ2) is 6.24. The summed E-state index contributed by atoms with van der Waals surface area (Å²) in [6.07, 6.45) is 0. The molecule has 0 atom stereocenters. The third-order valence-corrected chi connectivity index (χ3v) is 7.82. The largest absolute Gasteiger partial charge is 0.252 e. The highest BCUT2D eigenvalue weighted by molar-refractivity contribution is 9.11. The molecule has 19 heavy (non-hydrogen) atoms. The molecule has 0 N–H and O–H groups in total. The van der Waals surface area contributed by atoms with Gasteiger partial charge in [0.2, 0.25) is 0 Å². The van der Waals surface area contributed by atoms with E-state index in [0.29, 0.717) is 16.6 Å². The van der Waals surface area contributed by atoms with Crippen LogP contribution in [0.2, 0.25) is 0 Å². The van der Waals surface area contributed by atoms with Gasteiger partial charge in [0.1, 0.15) is 4.21 Å². The van der Waals surface area contributed by atoms with Gasteiger partial charge in [0.05, 0.1) is 9.67 Å². The van der Waals surface area contributed by atoms with Crippen molar-refractivity contribution in [1.82, 2.24) is 4.31 Å². The smallest absolute Gasteiger partial charge is 0.206 e. The molecule has 2 heterocycles. The Morgan fingerprint density at radius 2 is 2.16 bits per heavy atom. The molecule has 0 aliphatic rings. The van der Waals surface area contributed by atoms with E-state index >= 15 is 0 Å². The van der Waals surface area contributed by atoms with Crippen molar-refractivity contribution in [2.24, 2.45) is 0 Å². The van der Waals surface area contributed by atoms with Crippen LogP contribution in [-0.2, 0) is 22.4 Å². The van der Waals surface area contributed by atoms with Gasteiger partial charge in [-0.3, -0.25) is 0 Å². The van der Waals surface area contributed by atoms with E-state index in [0.717, 1.165) is 14.2 Å². The molecule has 0 bridgehead atoms. The molecule has 2 aromatic heterocycles. The molecule has 0 amide bonds. The van der Waals surface area contributed by atoms with Gasteiger partial charge in [-0.2, -0.15) is 4.31 Å². The van der Waals surface area contributed by atoms with Crippen LogP contribution in [0.3, 0.4) is 0 Å². The zero-order chi connectivity index (χ0) is 14.0. The summed E-state index contributed by atoms with van der Waals surface area (Å²) in [5.74, 6) is 0.335. The molecule has 0 saturated heterocycles. The third kappa shape index (κ3) is 3.59. The van der Waals surface area contributed by atoms with Crippen molar-refractivity contribution in [3.8, 4) is 0 Å². The Labute approximate surface area is 134 Å². The number of hydrogen-bond donors (Lipinski definition) is 0. The minimum absolute atomic E-state index is 0.333. The first-order chi connectivity index (χ1) is 8.93. The summed E-state index contributed by atoms with van der Waals surface area (Å²) in [5.41, 5.74) is 0.970. The number of nitrogens with zero attached hydrogens (tertiary/aromatic N) is 1. The number of hydrogen-bond acceptors (Lipinski definition) is 4. The van der Waals surface area contributed by atoms with E-state index in [-0.39, 0.29) is 0 Å². The summed E-state index contributed by atoms with van der Waals surface area (Å²) in [5, 5.41) is 1.94. The molecule has 3 nitrogen and oxygen atoms in total. The average Bonchev–Trinajstić information content (AvgIpc) is 2.98. The Balaban J connectivity index is 2.19. The predicted molar refractivity (Wildman–Crippen MR) is 84.5 cm³/mol. The first-order valence-electron chi connectivity index (χ1n) is 5.27. The Morgan fingerprint density at radius 1 is 1.42 bits per heavy atom. The number of thiophene rings is 2. The quantitative estimate of drug-likeness (QED) is 0.708. The van der Waals surface area contributed by atoms with Crippen molar-refractivity contribution >= 4 is 60.2 Å². The molecule has 2 aromatic rings. The van der Waals surface area contributed by atoms with Crippen LogP contribution < -0.4 is 0 Å². The van der Waals surface area contributed by atoms with Crippen LogP contribution in [0.5, 0.6) is 0 Å². The molecule has 0 aliphatic carbocycles. The van der Waals surface area contributed by atoms with Gasteiger partial charge < -0.3 is 0 Å². The highest BCUT2D eigenvalue weighted by Crippen LogP contribution is 2.27. The monoisotopic (exact) mass is 399 g/mol. The molecular formula is C11H11BrClNO2S3. The standard InChI is InChI=1S/C11H11BrClNO2S3/c1-14(6-8-4-10(12)17-7-8)19(15,16)11-3-2-9(5-13)18-11/h2-4,7H,5-6H2,1H3. The Hall–Kier alpha value is 0.0800. The summed E-state index contributed by atoms with van der Waals surface area (Å²) in [6.45, 7) is 0.360. The second-order valence-electron chi connectivity index (χ2n) is 3.87. The van der Waals surface area contributed by atoms with Gasteiger partial charge in [-0.15, -0.1) is 34.3 Å². The molecular weight excluding hydrogens is 390 g/mol. The molecule has 104 valence electrons. The zero-order valence-corrected chi connectivity index (χ0v) is 14.8. The van der Waals surface area contributed by atoms with Crippen molar-refractivity contribution in [3.05, 3.63) is 37.8 Å². The van der Waals surface area contributed by atoms with Gasteiger partial charge in [-0.25, -0.2) is 8.42 Å². The van der Waals surface area contributed by atoms with E-state index < -0.39 is 10.0 Å². The minimum Gasteiger partial charge on any atom is -0.206 e. The van der Waals surface area contributed by atoms with Crippen LogP contribution in [-0.4, -0.2) is 19.8 Å². The molecule has 0 aliphatic heterocycles. The van der Waals surface area contributed by atoms with E-state index in [1.807, 2.05) is 11.4 Å². The summed E-state index contributed by atoms with van der Waals surface area (Å²) < 4.78 is 27.4. The van der Waals surface area contributed by atoms with Crippen molar-refractivity contribution in [2.75, 3.05) is 7.05 Å². The lowest BCUT2D eigenvalue weighted by Crippen LogP contribution is -2.25. The maximum atomic E-state index is 12.4. The van der Waals surface area contributed by atoms with Crippen molar-refractivity contribution in [2.45, 2.75) is 16.6 Å². The van der Waals surface area contributed by atoms with E-state index in [9.17, 15) is 8.42 Å². The lowest BCUT2D eigenvalue weighted by Gasteiger charge is -2.15. The van der Waals surface area contributed by atoms with Crippen LogP contribution in [0.1, 0.15) is 10.4 Å². The van der Waals surface area contributed by atoms with Gasteiger partial charge >= 0.3 is 0 Å². The van der Waals surface area contributed by atoms with Gasteiger partial charge in [0, 0.05) is 18.5 Å². The summed E-state index contributed by atoms with van der Waals surface area (Å²) in [7, 11) is -1.85. The normalized spacial score (nSPS) is 12.2. The highest BCUT2D eigenvalue weighted by Gasteiger charge is 2.23. The highest BCUT2D eigenvalue weighted by atomic mass is 79.9. The van der Waals surface area contributed by atoms with Crippen LogP contribution in [0.15, 0.2) is 31.6 Å². The van der Waals surface area contributed by atoms with Crippen LogP contribution in [0.4, 0.5) is 0 Å². The van der Waals surface area contributed by atoms with E-state index in [1.54, 1.807) is 30.5 Å². The second-order valence-corrected chi connectivity index (χ2v) is 9.87. The average molecular weight is 401 g/mol. The maximum absolute atomic E-state index is 12.4. The van der Waals surface area contributed by atoms with Crippen molar-refractivity contribution in [3.63, 3.8) is 0 Å². The topological polar surface area (TPSA) is 37.4 Å². The Morgan fingerprint density at radius 3 is 2.68 bits per heavy atom. The van der Waals surface area contributed by atoms with E-state index in [1.165, 1.54) is 15.6 Å². The molecule has 0 spiro atoms. The van der Waals surface area contributed by atoms with E-state index in [4.69, 9.17) is 11.6 Å². The molecule has 8 heteroatoms.